The maximum Gasteiger partial charge on any atom is 0.278 e. The van der Waals surface area contributed by atoms with Crippen LogP contribution in [0.2, 0.25) is 0 Å². The first-order valence-electron chi connectivity index (χ1n) is 6.89. The van der Waals surface area contributed by atoms with E-state index in [1.165, 1.54) is 24.4 Å². The lowest BCUT2D eigenvalue weighted by Gasteiger charge is -2.09. The molecule has 3 rings (SSSR count). The molecule has 0 fully saturated rings. The van der Waals surface area contributed by atoms with Crippen molar-refractivity contribution in [3.8, 4) is 11.3 Å². The third-order valence-electron chi connectivity index (χ3n) is 3.21. The van der Waals surface area contributed by atoms with Crippen LogP contribution in [0.25, 0.3) is 11.3 Å². The molecule has 1 heterocycles. The van der Waals surface area contributed by atoms with Gasteiger partial charge in [0.25, 0.3) is 5.91 Å². The highest BCUT2D eigenvalue weighted by molar-refractivity contribution is 6.06. The highest BCUT2D eigenvalue weighted by Gasteiger charge is 2.16. The minimum atomic E-state index is -0.613. The molecule has 0 aliphatic heterocycles. The number of anilines is 2. The van der Waals surface area contributed by atoms with Gasteiger partial charge in [-0.3, -0.25) is 4.79 Å². The molecule has 114 valence electrons. The summed E-state index contributed by atoms with van der Waals surface area (Å²) >= 11 is 0. The van der Waals surface area contributed by atoms with Crippen molar-refractivity contribution in [1.29, 1.82) is 0 Å². The topological polar surface area (TPSA) is 80.9 Å². The monoisotopic (exact) mass is 308 g/mol. The van der Waals surface area contributed by atoms with Crippen LogP contribution < -0.4 is 11.1 Å². The summed E-state index contributed by atoms with van der Waals surface area (Å²) < 4.78 is 13.6. The molecule has 0 spiro atoms. The standard InChI is InChI=1S/C17H13FN4O/c18-12-8-4-5-9-13(12)22-17(23)15-16(19)20-10-14(21-15)11-6-2-1-3-7-11/h1-10H,(H2,19,20)(H,22,23). The highest BCUT2D eigenvalue weighted by atomic mass is 19.1. The molecule has 0 saturated carbocycles. The summed E-state index contributed by atoms with van der Waals surface area (Å²) in [6.45, 7) is 0. The molecule has 0 saturated heterocycles. The van der Waals surface area contributed by atoms with Crippen molar-refractivity contribution in [2.24, 2.45) is 0 Å². The minimum absolute atomic E-state index is 0.0153. The first-order chi connectivity index (χ1) is 11.1. The Morgan fingerprint density at radius 1 is 1.04 bits per heavy atom. The van der Waals surface area contributed by atoms with E-state index in [-0.39, 0.29) is 17.2 Å². The van der Waals surface area contributed by atoms with E-state index in [2.05, 4.69) is 15.3 Å². The Balaban J connectivity index is 1.93. The number of benzene rings is 2. The number of hydrogen-bond acceptors (Lipinski definition) is 4. The van der Waals surface area contributed by atoms with Crippen LogP contribution in [0.1, 0.15) is 10.5 Å². The first kappa shape index (κ1) is 14.6. The van der Waals surface area contributed by atoms with Crippen molar-refractivity contribution in [2.45, 2.75) is 0 Å². The molecule has 23 heavy (non-hydrogen) atoms. The van der Waals surface area contributed by atoms with Gasteiger partial charge >= 0.3 is 0 Å². The normalized spacial score (nSPS) is 10.3. The lowest BCUT2D eigenvalue weighted by atomic mass is 10.1. The lowest BCUT2D eigenvalue weighted by Crippen LogP contribution is -2.18. The molecule has 3 N–H and O–H groups in total. The van der Waals surface area contributed by atoms with Crippen LogP contribution >= 0.6 is 0 Å². The van der Waals surface area contributed by atoms with E-state index in [0.29, 0.717) is 5.69 Å². The van der Waals surface area contributed by atoms with Gasteiger partial charge in [0.05, 0.1) is 17.6 Å². The molecule has 2 aromatic carbocycles. The van der Waals surface area contributed by atoms with E-state index in [4.69, 9.17) is 5.73 Å². The van der Waals surface area contributed by atoms with Crippen LogP contribution in [0.15, 0.2) is 60.8 Å². The summed E-state index contributed by atoms with van der Waals surface area (Å²) in [5, 5.41) is 2.45. The summed E-state index contributed by atoms with van der Waals surface area (Å²) in [4.78, 5) is 20.6. The molecule has 0 radical (unpaired) electrons. The van der Waals surface area contributed by atoms with Gasteiger partial charge in [0.15, 0.2) is 11.5 Å². The van der Waals surface area contributed by atoms with Crippen molar-refractivity contribution in [3.05, 3.63) is 72.3 Å². The van der Waals surface area contributed by atoms with Crippen LogP contribution in [0, 0.1) is 5.82 Å². The van der Waals surface area contributed by atoms with E-state index >= 15 is 0 Å². The maximum atomic E-state index is 13.6. The second-order valence-corrected chi connectivity index (χ2v) is 4.79. The molecule has 0 atom stereocenters. The first-order valence-corrected chi connectivity index (χ1v) is 6.89. The Bertz CT molecular complexity index is 852. The summed E-state index contributed by atoms with van der Waals surface area (Å²) in [5.74, 6) is -1.16. The van der Waals surface area contributed by atoms with Gasteiger partial charge in [-0.05, 0) is 12.1 Å². The predicted octanol–water partition coefficient (Wildman–Crippen LogP) is 3.12. The van der Waals surface area contributed by atoms with Gasteiger partial charge in [0, 0.05) is 5.56 Å². The van der Waals surface area contributed by atoms with Crippen molar-refractivity contribution in [2.75, 3.05) is 11.1 Å². The zero-order chi connectivity index (χ0) is 16.2. The zero-order valence-corrected chi connectivity index (χ0v) is 12.0. The molecule has 5 nitrogen and oxygen atoms in total. The maximum absolute atomic E-state index is 13.6. The molecule has 3 aromatic rings. The average Bonchev–Trinajstić information content (AvgIpc) is 2.58. The number of nitrogens with one attached hydrogen (secondary N) is 1. The number of carbonyl (C=O) groups excluding carboxylic acids is 1. The van der Waals surface area contributed by atoms with Crippen molar-refractivity contribution in [3.63, 3.8) is 0 Å². The fourth-order valence-electron chi connectivity index (χ4n) is 2.06. The van der Waals surface area contributed by atoms with Crippen LogP contribution in [0.3, 0.4) is 0 Å². The minimum Gasteiger partial charge on any atom is -0.382 e. The Kier molecular flexibility index (Phi) is 3.97. The number of nitrogen functional groups attached to an aromatic ring is 1. The van der Waals surface area contributed by atoms with Crippen LogP contribution in [0.4, 0.5) is 15.9 Å². The van der Waals surface area contributed by atoms with E-state index in [1.54, 1.807) is 6.07 Å². The second kappa shape index (κ2) is 6.23. The number of aromatic nitrogens is 2. The number of hydrogen-bond donors (Lipinski definition) is 2. The van der Waals surface area contributed by atoms with Gasteiger partial charge in [-0.25, -0.2) is 14.4 Å². The molecule has 0 unspecified atom stereocenters. The smallest absolute Gasteiger partial charge is 0.278 e. The van der Waals surface area contributed by atoms with Crippen LogP contribution in [-0.2, 0) is 0 Å². The number of carbonyl (C=O) groups is 1. The highest BCUT2D eigenvalue weighted by Crippen LogP contribution is 2.19. The Morgan fingerprint density at radius 2 is 1.74 bits per heavy atom. The number of para-hydroxylation sites is 1. The Hall–Kier alpha value is -3.28. The largest absolute Gasteiger partial charge is 0.382 e. The summed E-state index contributed by atoms with van der Waals surface area (Å²) in [6.07, 6.45) is 1.49. The third kappa shape index (κ3) is 3.16. The number of nitrogens with zero attached hydrogens (tertiary/aromatic N) is 2. The molecule has 0 aliphatic rings. The van der Waals surface area contributed by atoms with Gasteiger partial charge in [-0.2, -0.15) is 0 Å². The third-order valence-corrected chi connectivity index (χ3v) is 3.21. The van der Waals surface area contributed by atoms with Crippen LogP contribution in [-0.4, -0.2) is 15.9 Å². The zero-order valence-electron chi connectivity index (χ0n) is 12.0. The molecule has 1 amide bonds. The number of amides is 1. The van der Waals surface area contributed by atoms with Gasteiger partial charge in [0.2, 0.25) is 0 Å². The second-order valence-electron chi connectivity index (χ2n) is 4.79. The lowest BCUT2D eigenvalue weighted by molar-refractivity contribution is 0.102. The van der Waals surface area contributed by atoms with Gasteiger partial charge in [-0.1, -0.05) is 42.5 Å². The van der Waals surface area contributed by atoms with Crippen molar-refractivity contribution in [1.82, 2.24) is 9.97 Å². The number of nitrogens with two attached hydrogens (primary N) is 1. The molecule has 6 heteroatoms. The van der Waals surface area contributed by atoms with Gasteiger partial charge in [-0.15, -0.1) is 0 Å². The Morgan fingerprint density at radius 3 is 2.48 bits per heavy atom. The average molecular weight is 308 g/mol. The van der Waals surface area contributed by atoms with E-state index < -0.39 is 11.7 Å². The predicted molar refractivity (Wildman–Crippen MR) is 86.2 cm³/mol. The van der Waals surface area contributed by atoms with E-state index in [1.807, 2.05) is 30.3 Å². The Labute approximate surface area is 132 Å². The summed E-state index contributed by atoms with van der Waals surface area (Å²) in [5.41, 5.74) is 7.06. The molecule has 0 bridgehead atoms. The van der Waals surface area contributed by atoms with Gasteiger partial charge in [0.1, 0.15) is 5.82 Å². The fourth-order valence-corrected chi connectivity index (χ4v) is 2.06. The van der Waals surface area contributed by atoms with E-state index in [9.17, 15) is 9.18 Å². The fraction of sp³-hybridized carbons (Fsp3) is 0. The van der Waals surface area contributed by atoms with Crippen LogP contribution in [0.5, 0.6) is 0 Å². The van der Waals surface area contributed by atoms with Crippen molar-refractivity contribution < 1.29 is 9.18 Å². The number of rotatable bonds is 3. The number of halogens is 1. The van der Waals surface area contributed by atoms with Crippen molar-refractivity contribution >= 4 is 17.4 Å². The molecular weight excluding hydrogens is 295 g/mol. The SMILES string of the molecule is Nc1ncc(-c2ccccc2)nc1C(=O)Nc1ccccc1F. The molecule has 1 aromatic heterocycles. The molecular formula is C17H13FN4O. The summed E-state index contributed by atoms with van der Waals surface area (Å²) in [7, 11) is 0. The quantitative estimate of drug-likeness (QED) is 0.779. The van der Waals surface area contributed by atoms with E-state index in [0.717, 1.165) is 5.56 Å². The molecule has 0 aliphatic carbocycles. The summed E-state index contributed by atoms with van der Waals surface area (Å²) in [6, 6.07) is 15.1. The van der Waals surface area contributed by atoms with Gasteiger partial charge < -0.3 is 11.1 Å².